The van der Waals surface area contributed by atoms with Crippen molar-refractivity contribution in [2.24, 2.45) is 5.10 Å². The van der Waals surface area contributed by atoms with Crippen LogP contribution in [-0.2, 0) is 0 Å². The summed E-state index contributed by atoms with van der Waals surface area (Å²) in [6.07, 6.45) is 1.09. The number of benzene rings is 1. The number of hydrogen-bond donors (Lipinski definition) is 2. The van der Waals surface area contributed by atoms with Crippen molar-refractivity contribution in [3.63, 3.8) is 0 Å². The first kappa shape index (κ1) is 16.5. The van der Waals surface area contributed by atoms with Crippen molar-refractivity contribution in [2.75, 3.05) is 5.73 Å². The number of carbonyl (C=O) groups is 1. The molecule has 3 aromatic rings. The summed E-state index contributed by atoms with van der Waals surface area (Å²) in [6.45, 7) is 1.56. The van der Waals surface area contributed by atoms with Crippen LogP contribution in [0, 0.1) is 12.7 Å². The van der Waals surface area contributed by atoms with E-state index in [9.17, 15) is 9.18 Å². The zero-order valence-electron chi connectivity index (χ0n) is 12.6. The molecule has 2 heterocycles. The molecule has 0 radical (unpaired) electrons. The molecule has 1 aromatic carbocycles. The number of amides is 1. The lowest BCUT2D eigenvalue weighted by Gasteiger charge is -2.03. The van der Waals surface area contributed by atoms with Crippen molar-refractivity contribution >= 4 is 29.5 Å². The number of halogens is 2. The molecule has 12 heteroatoms. The first-order valence-electron chi connectivity index (χ1n) is 6.77. The summed E-state index contributed by atoms with van der Waals surface area (Å²) < 4.78 is 19.2. The largest absolute Gasteiger partial charge is 0.378 e. The van der Waals surface area contributed by atoms with Crippen LogP contribution in [0.5, 0.6) is 0 Å². The average molecular weight is 365 g/mol. The van der Waals surface area contributed by atoms with E-state index in [1.807, 2.05) is 0 Å². The Morgan fingerprint density at radius 3 is 2.96 bits per heavy atom. The Balaban J connectivity index is 1.84. The van der Waals surface area contributed by atoms with Gasteiger partial charge in [-0.05, 0) is 29.4 Å². The number of carbonyl (C=O) groups excluding carboxylic acids is 1. The Hall–Kier alpha value is -3.34. The molecule has 128 valence electrons. The topological polar surface area (TPSA) is 137 Å². The third-order valence-corrected chi connectivity index (χ3v) is 3.44. The van der Waals surface area contributed by atoms with Crippen LogP contribution in [0.3, 0.4) is 0 Å². The van der Waals surface area contributed by atoms with Crippen LogP contribution in [0.25, 0.3) is 5.82 Å². The first-order valence-corrected chi connectivity index (χ1v) is 7.15. The Bertz CT molecular complexity index is 947. The lowest BCUT2D eigenvalue weighted by molar-refractivity contribution is 0.0946. The number of hydrazone groups is 1. The summed E-state index contributed by atoms with van der Waals surface area (Å²) in [4.78, 5) is 12.3. The number of nitrogens with zero attached hydrogens (tertiary/aromatic N) is 6. The maximum absolute atomic E-state index is 13.7. The van der Waals surface area contributed by atoms with Crippen molar-refractivity contribution in [3.8, 4) is 5.82 Å². The van der Waals surface area contributed by atoms with Crippen LogP contribution in [0.2, 0.25) is 5.02 Å². The second kappa shape index (κ2) is 6.65. The molecule has 2 aromatic heterocycles. The summed E-state index contributed by atoms with van der Waals surface area (Å²) in [7, 11) is 0. The molecule has 0 unspecified atom stereocenters. The SMILES string of the molecule is Cc1nnn(-c2nonc2N)c1C(=O)N/N=C\c1c(F)cccc1Cl. The molecule has 0 aliphatic heterocycles. The predicted molar refractivity (Wildman–Crippen MR) is 84.8 cm³/mol. The van der Waals surface area contributed by atoms with Gasteiger partial charge in [-0.2, -0.15) is 9.78 Å². The Morgan fingerprint density at radius 1 is 1.48 bits per heavy atom. The lowest BCUT2D eigenvalue weighted by atomic mass is 10.2. The van der Waals surface area contributed by atoms with E-state index >= 15 is 0 Å². The molecule has 0 spiro atoms. The van der Waals surface area contributed by atoms with Crippen LogP contribution in [0.1, 0.15) is 21.7 Å². The molecule has 0 saturated heterocycles. The van der Waals surface area contributed by atoms with E-state index < -0.39 is 11.7 Å². The van der Waals surface area contributed by atoms with Crippen molar-refractivity contribution in [2.45, 2.75) is 6.92 Å². The van der Waals surface area contributed by atoms with Gasteiger partial charge in [0.1, 0.15) is 5.82 Å². The standard InChI is InChI=1S/C13H10ClFN8O2/c1-6-10(23(22-18-6)12-11(16)20-25-21-12)13(24)19-17-5-7-8(14)3-2-4-9(7)15/h2-5H,1H3,(H2,16,20)(H,19,24)/b17-5-. The zero-order chi connectivity index (χ0) is 18.0. The Kier molecular flexibility index (Phi) is 4.39. The third kappa shape index (κ3) is 3.17. The monoisotopic (exact) mass is 364 g/mol. The number of nitrogens with two attached hydrogens (primary N) is 1. The minimum absolute atomic E-state index is 0.00637. The molecule has 3 N–H and O–H groups in total. The van der Waals surface area contributed by atoms with Gasteiger partial charge in [0.15, 0.2) is 5.69 Å². The fourth-order valence-electron chi connectivity index (χ4n) is 1.95. The van der Waals surface area contributed by atoms with Crippen LogP contribution in [0.4, 0.5) is 10.2 Å². The number of anilines is 1. The fourth-order valence-corrected chi connectivity index (χ4v) is 2.16. The normalized spacial score (nSPS) is 11.2. The first-order chi connectivity index (χ1) is 12.0. The van der Waals surface area contributed by atoms with E-state index in [1.165, 1.54) is 18.2 Å². The number of aryl methyl sites for hydroxylation is 1. The molecular formula is C13H10ClFN8O2. The highest BCUT2D eigenvalue weighted by Gasteiger charge is 2.22. The minimum Gasteiger partial charge on any atom is -0.378 e. The van der Waals surface area contributed by atoms with Gasteiger partial charge < -0.3 is 5.73 Å². The van der Waals surface area contributed by atoms with Gasteiger partial charge in [-0.15, -0.1) is 5.10 Å². The molecule has 0 fully saturated rings. The van der Waals surface area contributed by atoms with Gasteiger partial charge in [-0.3, -0.25) is 4.79 Å². The number of aromatic nitrogens is 5. The molecule has 25 heavy (non-hydrogen) atoms. The van der Waals surface area contributed by atoms with E-state index in [0.29, 0.717) is 5.69 Å². The van der Waals surface area contributed by atoms with Gasteiger partial charge in [0.2, 0.25) is 11.6 Å². The van der Waals surface area contributed by atoms with E-state index in [4.69, 9.17) is 17.3 Å². The van der Waals surface area contributed by atoms with Crippen molar-refractivity contribution in [3.05, 3.63) is 46.0 Å². The molecular weight excluding hydrogens is 355 g/mol. The highest BCUT2D eigenvalue weighted by atomic mass is 35.5. The number of rotatable bonds is 4. The predicted octanol–water partition coefficient (Wildman–Crippen LogP) is 1.10. The highest BCUT2D eigenvalue weighted by molar-refractivity contribution is 6.33. The number of hydrogen-bond acceptors (Lipinski definition) is 8. The lowest BCUT2D eigenvalue weighted by Crippen LogP contribution is -2.23. The van der Waals surface area contributed by atoms with Crippen molar-refractivity contribution in [1.29, 1.82) is 0 Å². The van der Waals surface area contributed by atoms with Gasteiger partial charge in [-0.1, -0.05) is 22.9 Å². The summed E-state index contributed by atoms with van der Waals surface area (Å²) in [6, 6.07) is 4.17. The molecule has 10 nitrogen and oxygen atoms in total. The second-order valence-electron chi connectivity index (χ2n) is 4.74. The minimum atomic E-state index is -0.673. The zero-order valence-corrected chi connectivity index (χ0v) is 13.4. The summed E-state index contributed by atoms with van der Waals surface area (Å²) in [5.74, 6) is -1.31. The van der Waals surface area contributed by atoms with Gasteiger partial charge in [-0.25, -0.2) is 14.4 Å². The van der Waals surface area contributed by atoms with Gasteiger partial charge >= 0.3 is 0 Å². The Labute approximate surface area is 144 Å². The van der Waals surface area contributed by atoms with Crippen LogP contribution in [-0.4, -0.2) is 37.4 Å². The second-order valence-corrected chi connectivity index (χ2v) is 5.15. The molecule has 0 saturated carbocycles. The Morgan fingerprint density at radius 2 is 2.28 bits per heavy atom. The number of nitrogens with one attached hydrogen (secondary N) is 1. The summed E-state index contributed by atoms with van der Waals surface area (Å²) in [5.41, 5.74) is 8.17. The fraction of sp³-hybridized carbons (Fsp3) is 0.0769. The van der Waals surface area contributed by atoms with Crippen LogP contribution < -0.4 is 11.2 Å². The molecule has 3 rings (SSSR count). The summed E-state index contributed by atoms with van der Waals surface area (Å²) >= 11 is 5.87. The van der Waals surface area contributed by atoms with E-state index in [2.05, 4.69) is 35.8 Å². The highest BCUT2D eigenvalue weighted by Crippen LogP contribution is 2.17. The van der Waals surface area contributed by atoms with E-state index in [-0.39, 0.29) is 27.9 Å². The van der Waals surface area contributed by atoms with Gasteiger partial charge in [0.25, 0.3) is 5.91 Å². The van der Waals surface area contributed by atoms with E-state index in [0.717, 1.165) is 10.9 Å². The third-order valence-electron chi connectivity index (χ3n) is 3.11. The molecule has 0 bridgehead atoms. The smallest absolute Gasteiger partial charge is 0.292 e. The van der Waals surface area contributed by atoms with E-state index in [1.54, 1.807) is 6.92 Å². The molecule has 0 atom stereocenters. The van der Waals surface area contributed by atoms with Crippen LogP contribution >= 0.6 is 11.6 Å². The quantitative estimate of drug-likeness (QED) is 0.522. The summed E-state index contributed by atoms with van der Waals surface area (Å²) in [5, 5.41) is 18.4. The van der Waals surface area contributed by atoms with Crippen LogP contribution in [0.15, 0.2) is 27.9 Å². The maximum Gasteiger partial charge on any atom is 0.292 e. The van der Waals surface area contributed by atoms with Gasteiger partial charge in [0.05, 0.1) is 16.9 Å². The average Bonchev–Trinajstić information content (AvgIpc) is 3.15. The van der Waals surface area contributed by atoms with Gasteiger partial charge in [0, 0.05) is 5.56 Å². The number of nitrogen functional groups attached to an aromatic ring is 1. The molecule has 0 aliphatic carbocycles. The molecule has 1 amide bonds. The molecule has 0 aliphatic rings. The van der Waals surface area contributed by atoms with Crippen molar-refractivity contribution < 1.29 is 13.8 Å². The van der Waals surface area contributed by atoms with Crippen molar-refractivity contribution in [1.82, 2.24) is 30.7 Å². The maximum atomic E-state index is 13.7.